The van der Waals surface area contributed by atoms with Gasteiger partial charge in [-0.15, -0.1) is 0 Å². The summed E-state index contributed by atoms with van der Waals surface area (Å²) < 4.78 is 0. The van der Waals surface area contributed by atoms with Crippen LogP contribution in [0.2, 0.25) is 0 Å². The predicted octanol–water partition coefficient (Wildman–Crippen LogP) is 1.88. The lowest BCUT2D eigenvalue weighted by molar-refractivity contribution is 0.250. The first-order chi connectivity index (χ1) is 6.76. The van der Waals surface area contributed by atoms with Crippen LogP contribution in [0.15, 0.2) is 0 Å². The van der Waals surface area contributed by atoms with Crippen LogP contribution in [0.4, 0.5) is 0 Å². The van der Waals surface area contributed by atoms with Crippen molar-refractivity contribution >= 4 is 11.8 Å². The maximum atomic E-state index is 8.94. The van der Waals surface area contributed by atoms with E-state index in [0.29, 0.717) is 12.5 Å². The molecule has 1 fully saturated rings. The number of aliphatic hydroxyl groups is 1. The molecule has 0 aromatic heterocycles. The van der Waals surface area contributed by atoms with Gasteiger partial charge < -0.3 is 10.4 Å². The van der Waals surface area contributed by atoms with Gasteiger partial charge in [0, 0.05) is 17.9 Å². The molecule has 1 saturated carbocycles. The molecule has 0 aromatic rings. The van der Waals surface area contributed by atoms with Gasteiger partial charge in [0.05, 0.1) is 0 Å². The Hall–Kier alpha value is 0.270. The molecular formula is C11H23NOS. The number of rotatable bonds is 5. The second-order valence-corrected chi connectivity index (χ2v) is 5.73. The van der Waals surface area contributed by atoms with Gasteiger partial charge in [-0.2, -0.15) is 11.8 Å². The molecule has 2 nitrogen and oxygen atoms in total. The molecule has 1 rings (SSSR count). The van der Waals surface area contributed by atoms with Crippen LogP contribution in [0.5, 0.6) is 0 Å². The molecule has 0 radical (unpaired) electrons. The topological polar surface area (TPSA) is 32.3 Å². The third-order valence-electron chi connectivity index (χ3n) is 2.96. The summed E-state index contributed by atoms with van der Waals surface area (Å²) in [5.41, 5.74) is 0. The lowest BCUT2D eigenvalue weighted by Gasteiger charge is -2.29. The summed E-state index contributed by atoms with van der Waals surface area (Å²) in [5, 5.41) is 13.1. The molecule has 0 aromatic carbocycles. The van der Waals surface area contributed by atoms with Crippen molar-refractivity contribution in [3.8, 4) is 0 Å². The van der Waals surface area contributed by atoms with Gasteiger partial charge in [-0.3, -0.25) is 0 Å². The standard InChI is InChI=1S/C11H23NOS/c1-9(7-13)8-14-11-5-3-4-10(6-11)12-2/h9-13H,3-8H2,1-2H3. The van der Waals surface area contributed by atoms with E-state index in [1.807, 2.05) is 11.8 Å². The lowest BCUT2D eigenvalue weighted by Crippen LogP contribution is -2.32. The molecule has 0 saturated heterocycles. The monoisotopic (exact) mass is 217 g/mol. The summed E-state index contributed by atoms with van der Waals surface area (Å²) in [6, 6.07) is 0.727. The zero-order valence-corrected chi connectivity index (χ0v) is 10.1. The normalized spacial score (nSPS) is 30.2. The summed E-state index contributed by atoms with van der Waals surface area (Å²) in [5.74, 6) is 1.56. The maximum Gasteiger partial charge on any atom is 0.0464 e. The highest BCUT2D eigenvalue weighted by Crippen LogP contribution is 2.29. The summed E-state index contributed by atoms with van der Waals surface area (Å²) in [7, 11) is 2.06. The second kappa shape index (κ2) is 6.70. The highest BCUT2D eigenvalue weighted by Gasteiger charge is 2.21. The molecule has 2 N–H and O–H groups in total. The van der Waals surface area contributed by atoms with E-state index in [9.17, 15) is 0 Å². The Morgan fingerprint density at radius 2 is 2.29 bits per heavy atom. The van der Waals surface area contributed by atoms with E-state index in [1.54, 1.807) is 0 Å². The zero-order chi connectivity index (χ0) is 10.4. The van der Waals surface area contributed by atoms with Crippen molar-refractivity contribution in [1.29, 1.82) is 0 Å². The third-order valence-corrected chi connectivity index (χ3v) is 4.62. The van der Waals surface area contributed by atoms with E-state index < -0.39 is 0 Å². The van der Waals surface area contributed by atoms with Crippen LogP contribution in [0.3, 0.4) is 0 Å². The van der Waals surface area contributed by atoms with E-state index in [4.69, 9.17) is 5.11 Å². The van der Waals surface area contributed by atoms with Crippen LogP contribution in [0.1, 0.15) is 32.6 Å². The van der Waals surface area contributed by atoms with E-state index in [2.05, 4.69) is 19.3 Å². The van der Waals surface area contributed by atoms with Gasteiger partial charge in [-0.25, -0.2) is 0 Å². The van der Waals surface area contributed by atoms with Crippen molar-refractivity contribution in [1.82, 2.24) is 5.32 Å². The Bertz CT molecular complexity index is 154. The highest BCUT2D eigenvalue weighted by molar-refractivity contribution is 7.99. The number of hydrogen-bond donors (Lipinski definition) is 2. The van der Waals surface area contributed by atoms with Gasteiger partial charge in [-0.05, 0) is 38.0 Å². The van der Waals surface area contributed by atoms with Crippen LogP contribution >= 0.6 is 11.8 Å². The number of thioether (sulfide) groups is 1. The molecule has 0 aliphatic heterocycles. The van der Waals surface area contributed by atoms with Crippen LogP contribution in [0.25, 0.3) is 0 Å². The Balaban J connectivity index is 2.17. The summed E-state index contributed by atoms with van der Waals surface area (Å²) >= 11 is 2.05. The first-order valence-corrected chi connectivity index (χ1v) is 6.70. The maximum absolute atomic E-state index is 8.94. The van der Waals surface area contributed by atoms with Crippen molar-refractivity contribution < 1.29 is 5.11 Å². The number of aliphatic hydroxyl groups excluding tert-OH is 1. The molecule has 0 bridgehead atoms. The van der Waals surface area contributed by atoms with Crippen molar-refractivity contribution in [2.45, 2.75) is 43.9 Å². The minimum atomic E-state index is 0.329. The van der Waals surface area contributed by atoms with Gasteiger partial charge in [0.1, 0.15) is 0 Å². The van der Waals surface area contributed by atoms with Crippen LogP contribution in [0, 0.1) is 5.92 Å². The Morgan fingerprint density at radius 1 is 1.50 bits per heavy atom. The Kier molecular flexibility index (Phi) is 5.90. The fraction of sp³-hybridized carbons (Fsp3) is 1.00. The fourth-order valence-electron chi connectivity index (χ4n) is 1.91. The molecule has 0 amide bonds. The fourth-order valence-corrected chi connectivity index (χ4v) is 3.32. The van der Waals surface area contributed by atoms with Gasteiger partial charge in [-0.1, -0.05) is 13.3 Å². The van der Waals surface area contributed by atoms with Crippen molar-refractivity contribution in [3.05, 3.63) is 0 Å². The van der Waals surface area contributed by atoms with Crippen LogP contribution in [-0.2, 0) is 0 Å². The first-order valence-electron chi connectivity index (χ1n) is 5.66. The lowest BCUT2D eigenvalue weighted by atomic mass is 9.95. The molecule has 0 spiro atoms. The minimum absolute atomic E-state index is 0.329. The zero-order valence-electron chi connectivity index (χ0n) is 9.33. The van der Waals surface area contributed by atoms with Crippen molar-refractivity contribution in [2.75, 3.05) is 19.4 Å². The summed E-state index contributed by atoms with van der Waals surface area (Å²) in [6.07, 6.45) is 5.36. The van der Waals surface area contributed by atoms with E-state index in [1.165, 1.54) is 25.7 Å². The van der Waals surface area contributed by atoms with E-state index in [-0.39, 0.29) is 0 Å². The SMILES string of the molecule is CNC1CCCC(SCC(C)CO)C1. The molecular weight excluding hydrogens is 194 g/mol. The first kappa shape index (κ1) is 12.3. The third kappa shape index (κ3) is 4.20. The largest absolute Gasteiger partial charge is 0.396 e. The van der Waals surface area contributed by atoms with Crippen molar-refractivity contribution in [2.24, 2.45) is 5.92 Å². The van der Waals surface area contributed by atoms with Gasteiger partial charge in [0.2, 0.25) is 0 Å². The van der Waals surface area contributed by atoms with Gasteiger partial charge >= 0.3 is 0 Å². The van der Waals surface area contributed by atoms with Gasteiger partial charge in [0.25, 0.3) is 0 Å². The predicted molar refractivity (Wildman–Crippen MR) is 63.8 cm³/mol. The highest BCUT2D eigenvalue weighted by atomic mass is 32.2. The summed E-state index contributed by atoms with van der Waals surface area (Å²) in [4.78, 5) is 0. The smallest absolute Gasteiger partial charge is 0.0464 e. The number of nitrogens with one attached hydrogen (secondary N) is 1. The Labute approximate surface area is 91.9 Å². The quantitative estimate of drug-likeness (QED) is 0.737. The second-order valence-electron chi connectivity index (χ2n) is 4.40. The van der Waals surface area contributed by atoms with Gasteiger partial charge in [0.15, 0.2) is 0 Å². The molecule has 14 heavy (non-hydrogen) atoms. The number of hydrogen-bond acceptors (Lipinski definition) is 3. The molecule has 3 heteroatoms. The molecule has 1 aliphatic carbocycles. The molecule has 0 heterocycles. The van der Waals surface area contributed by atoms with Crippen molar-refractivity contribution in [3.63, 3.8) is 0 Å². The van der Waals surface area contributed by atoms with E-state index >= 15 is 0 Å². The summed E-state index contributed by atoms with van der Waals surface area (Å²) in [6.45, 7) is 2.44. The average molecular weight is 217 g/mol. The molecule has 1 aliphatic rings. The van der Waals surface area contributed by atoms with Crippen LogP contribution in [-0.4, -0.2) is 35.8 Å². The average Bonchev–Trinajstić information content (AvgIpc) is 2.26. The molecule has 3 atom stereocenters. The molecule has 3 unspecified atom stereocenters. The Morgan fingerprint density at radius 3 is 2.93 bits per heavy atom. The van der Waals surface area contributed by atoms with Crippen LogP contribution < -0.4 is 5.32 Å². The molecule has 84 valence electrons. The minimum Gasteiger partial charge on any atom is -0.396 e. The van der Waals surface area contributed by atoms with E-state index in [0.717, 1.165) is 17.0 Å².